The first-order chi connectivity index (χ1) is 15.3. The maximum atomic E-state index is 13.1. The lowest BCUT2D eigenvalue weighted by Crippen LogP contribution is -2.72. The minimum Gasteiger partial charge on any atom is -0.353 e. The molecule has 0 spiro atoms. The van der Waals surface area contributed by atoms with E-state index in [2.05, 4.69) is 26.6 Å². The van der Waals surface area contributed by atoms with E-state index in [1.54, 1.807) is 24.3 Å². The van der Waals surface area contributed by atoms with Gasteiger partial charge in [0.15, 0.2) is 12.1 Å². The summed E-state index contributed by atoms with van der Waals surface area (Å²) in [5.74, 6) is -3.42. The molecule has 2 aliphatic heterocycles. The zero-order chi connectivity index (χ0) is 22.8. The van der Waals surface area contributed by atoms with Gasteiger partial charge in [-0.3, -0.25) is 24.5 Å². The first-order valence-electron chi connectivity index (χ1n) is 10.1. The van der Waals surface area contributed by atoms with Gasteiger partial charge >= 0.3 is 0 Å². The summed E-state index contributed by atoms with van der Waals surface area (Å²) in [5, 5.41) is 14.2. The van der Waals surface area contributed by atoms with Crippen molar-refractivity contribution in [1.82, 2.24) is 16.0 Å². The van der Waals surface area contributed by atoms with Crippen LogP contribution in [-0.4, -0.2) is 36.0 Å². The Bertz CT molecular complexity index is 1060. The SMILES string of the molecule is CC(=O)c1ccc(NC(=O)C2CC(=O)NC3NC(Nc4ccc(F)cc4)NC(=O)C32)cc1. The Hall–Kier alpha value is -3.79. The molecule has 2 saturated heterocycles. The number of carbonyl (C=O) groups excluding carboxylic acids is 4. The Balaban J connectivity index is 1.46. The van der Waals surface area contributed by atoms with Gasteiger partial charge in [-0.15, -0.1) is 0 Å². The van der Waals surface area contributed by atoms with Crippen molar-refractivity contribution < 1.29 is 23.6 Å². The zero-order valence-corrected chi connectivity index (χ0v) is 17.1. The highest BCUT2D eigenvalue weighted by molar-refractivity contribution is 6.00. The third kappa shape index (κ3) is 4.59. The summed E-state index contributed by atoms with van der Waals surface area (Å²) in [6, 6.07) is 12.0. The summed E-state index contributed by atoms with van der Waals surface area (Å²) in [7, 11) is 0. The van der Waals surface area contributed by atoms with E-state index in [0.29, 0.717) is 16.9 Å². The first kappa shape index (κ1) is 21.4. The number of halogens is 1. The molecule has 3 amide bonds. The number of rotatable bonds is 5. The van der Waals surface area contributed by atoms with Crippen LogP contribution in [0.1, 0.15) is 23.7 Å². The molecule has 5 N–H and O–H groups in total. The zero-order valence-electron chi connectivity index (χ0n) is 17.1. The molecule has 4 rings (SSSR count). The maximum absolute atomic E-state index is 13.1. The van der Waals surface area contributed by atoms with E-state index in [4.69, 9.17) is 0 Å². The van der Waals surface area contributed by atoms with E-state index >= 15 is 0 Å². The number of benzene rings is 2. The van der Waals surface area contributed by atoms with Crippen LogP contribution in [0.25, 0.3) is 0 Å². The second-order valence-electron chi connectivity index (χ2n) is 7.76. The van der Waals surface area contributed by atoms with Gasteiger partial charge in [0.1, 0.15) is 5.82 Å². The van der Waals surface area contributed by atoms with E-state index in [1.165, 1.54) is 31.2 Å². The van der Waals surface area contributed by atoms with Crippen molar-refractivity contribution in [1.29, 1.82) is 0 Å². The molecule has 0 aliphatic carbocycles. The molecule has 10 heteroatoms. The van der Waals surface area contributed by atoms with Gasteiger partial charge in [-0.05, 0) is 55.5 Å². The standard InChI is InChI=1S/C22H22FN5O4/c1-11(29)12-2-6-14(7-3-12)24-20(31)16-10-17(30)26-19-18(16)21(32)28-22(27-19)25-15-8-4-13(23)5-9-15/h2-9,16,18-19,22,25,27H,10H2,1H3,(H,24,31)(H,26,30)(H,28,32). The van der Waals surface area contributed by atoms with Crippen LogP contribution in [-0.2, 0) is 14.4 Å². The highest BCUT2D eigenvalue weighted by Gasteiger charge is 2.48. The van der Waals surface area contributed by atoms with Crippen LogP contribution in [0.15, 0.2) is 48.5 Å². The number of piperidine rings is 1. The summed E-state index contributed by atoms with van der Waals surface area (Å²) in [6.45, 7) is 1.45. The van der Waals surface area contributed by atoms with Crippen LogP contribution in [0.2, 0.25) is 0 Å². The van der Waals surface area contributed by atoms with E-state index in [9.17, 15) is 23.6 Å². The smallest absolute Gasteiger partial charge is 0.229 e. The Morgan fingerprint density at radius 2 is 1.62 bits per heavy atom. The fraction of sp³-hybridized carbons (Fsp3) is 0.273. The average Bonchev–Trinajstić information content (AvgIpc) is 2.75. The van der Waals surface area contributed by atoms with Gasteiger partial charge in [-0.2, -0.15) is 0 Å². The Kier molecular flexibility index (Phi) is 5.87. The van der Waals surface area contributed by atoms with Crippen molar-refractivity contribution in [2.75, 3.05) is 10.6 Å². The molecule has 4 unspecified atom stereocenters. The number of hydrogen-bond donors (Lipinski definition) is 5. The van der Waals surface area contributed by atoms with Crippen molar-refractivity contribution in [2.45, 2.75) is 25.8 Å². The van der Waals surface area contributed by atoms with E-state index in [-0.39, 0.29) is 23.9 Å². The van der Waals surface area contributed by atoms with Crippen molar-refractivity contribution >= 4 is 34.9 Å². The third-order valence-corrected chi connectivity index (χ3v) is 5.50. The Morgan fingerprint density at radius 1 is 0.969 bits per heavy atom. The van der Waals surface area contributed by atoms with E-state index in [1.807, 2.05) is 0 Å². The fourth-order valence-electron chi connectivity index (χ4n) is 3.89. The van der Waals surface area contributed by atoms with Gasteiger partial charge in [0.05, 0.1) is 18.0 Å². The van der Waals surface area contributed by atoms with Gasteiger partial charge in [-0.25, -0.2) is 4.39 Å². The van der Waals surface area contributed by atoms with Crippen LogP contribution >= 0.6 is 0 Å². The van der Waals surface area contributed by atoms with Crippen molar-refractivity contribution in [2.24, 2.45) is 11.8 Å². The Labute approximate surface area is 183 Å². The second kappa shape index (κ2) is 8.75. The average molecular weight is 439 g/mol. The fourth-order valence-corrected chi connectivity index (χ4v) is 3.89. The molecule has 2 aromatic rings. The Morgan fingerprint density at radius 3 is 2.28 bits per heavy atom. The molecule has 2 heterocycles. The normalized spacial score (nSPS) is 24.6. The van der Waals surface area contributed by atoms with Gasteiger partial charge in [0, 0.05) is 23.4 Å². The number of Topliss-reactive ketones (excluding diaryl/α,β-unsaturated/α-hetero) is 1. The molecule has 9 nitrogen and oxygen atoms in total. The number of ketones is 1. The van der Waals surface area contributed by atoms with Crippen molar-refractivity contribution in [3.05, 3.63) is 59.9 Å². The lowest BCUT2D eigenvalue weighted by atomic mass is 9.81. The number of fused-ring (bicyclic) bond motifs is 1. The molecule has 32 heavy (non-hydrogen) atoms. The largest absolute Gasteiger partial charge is 0.353 e. The predicted molar refractivity (Wildman–Crippen MR) is 114 cm³/mol. The molecule has 0 saturated carbocycles. The molecular formula is C22H22FN5O4. The number of nitrogens with one attached hydrogen (secondary N) is 5. The summed E-state index contributed by atoms with van der Waals surface area (Å²) >= 11 is 0. The van der Waals surface area contributed by atoms with Crippen LogP contribution in [0.5, 0.6) is 0 Å². The van der Waals surface area contributed by atoms with E-state index < -0.39 is 36.1 Å². The van der Waals surface area contributed by atoms with Gasteiger partial charge in [0.25, 0.3) is 0 Å². The molecule has 0 bridgehead atoms. The summed E-state index contributed by atoms with van der Waals surface area (Å²) in [5.41, 5.74) is 1.53. The topological polar surface area (TPSA) is 128 Å². The van der Waals surface area contributed by atoms with Crippen LogP contribution in [0.4, 0.5) is 15.8 Å². The van der Waals surface area contributed by atoms with Crippen LogP contribution < -0.4 is 26.6 Å². The van der Waals surface area contributed by atoms with Gasteiger partial charge in [0.2, 0.25) is 17.7 Å². The molecule has 0 aromatic heterocycles. The third-order valence-electron chi connectivity index (χ3n) is 5.50. The lowest BCUT2D eigenvalue weighted by Gasteiger charge is -2.43. The molecular weight excluding hydrogens is 417 g/mol. The molecule has 2 fully saturated rings. The summed E-state index contributed by atoms with van der Waals surface area (Å²) < 4.78 is 13.1. The molecule has 2 aromatic carbocycles. The number of hydrogen-bond acceptors (Lipinski definition) is 6. The lowest BCUT2D eigenvalue weighted by molar-refractivity contribution is -0.144. The van der Waals surface area contributed by atoms with Crippen LogP contribution in [0, 0.1) is 17.7 Å². The second-order valence-corrected chi connectivity index (χ2v) is 7.76. The quantitative estimate of drug-likeness (QED) is 0.445. The van der Waals surface area contributed by atoms with E-state index in [0.717, 1.165) is 0 Å². The monoisotopic (exact) mass is 439 g/mol. The minimum atomic E-state index is -0.888. The molecule has 166 valence electrons. The van der Waals surface area contributed by atoms with Crippen molar-refractivity contribution in [3.63, 3.8) is 0 Å². The van der Waals surface area contributed by atoms with Gasteiger partial charge < -0.3 is 21.3 Å². The van der Waals surface area contributed by atoms with Crippen molar-refractivity contribution in [3.8, 4) is 0 Å². The highest BCUT2D eigenvalue weighted by atomic mass is 19.1. The minimum absolute atomic E-state index is 0.0941. The number of amides is 3. The molecule has 0 radical (unpaired) electrons. The molecule has 4 atom stereocenters. The first-order valence-corrected chi connectivity index (χ1v) is 10.1. The predicted octanol–water partition coefficient (Wildman–Crippen LogP) is 1.16. The number of anilines is 2. The van der Waals surface area contributed by atoms with Gasteiger partial charge in [-0.1, -0.05) is 0 Å². The number of carbonyl (C=O) groups is 4. The van der Waals surface area contributed by atoms with Crippen LogP contribution in [0.3, 0.4) is 0 Å². The summed E-state index contributed by atoms with van der Waals surface area (Å²) in [6.07, 6.45) is -1.63. The summed E-state index contributed by atoms with van der Waals surface area (Å²) in [4.78, 5) is 49.4. The maximum Gasteiger partial charge on any atom is 0.229 e. The highest BCUT2D eigenvalue weighted by Crippen LogP contribution is 2.28. The molecule has 2 aliphatic rings.